The Balaban J connectivity index is 1.86. The number of carbonyl (C=O) groups is 1. The van der Waals surface area contributed by atoms with Gasteiger partial charge in [-0.25, -0.2) is 4.79 Å². The van der Waals surface area contributed by atoms with E-state index in [-0.39, 0.29) is 6.03 Å². The molecule has 1 fully saturated rings. The zero-order valence-corrected chi connectivity index (χ0v) is 15.9. The number of likely N-dealkylation sites (N-methyl/N-ethyl adjacent to an activating group) is 1. The first-order valence-corrected chi connectivity index (χ1v) is 8.98. The molecule has 5 nitrogen and oxygen atoms in total. The van der Waals surface area contributed by atoms with Crippen LogP contribution >= 0.6 is 11.6 Å². The van der Waals surface area contributed by atoms with Gasteiger partial charge in [-0.05, 0) is 37.6 Å². The summed E-state index contributed by atoms with van der Waals surface area (Å²) >= 11 is 6.10. The van der Waals surface area contributed by atoms with Gasteiger partial charge in [0.05, 0.1) is 0 Å². The summed E-state index contributed by atoms with van der Waals surface area (Å²) in [4.78, 5) is 17.0. The average molecular weight is 353 g/mol. The zero-order valence-electron chi connectivity index (χ0n) is 15.1. The molecule has 1 aliphatic rings. The van der Waals surface area contributed by atoms with Gasteiger partial charge in [0.2, 0.25) is 0 Å². The van der Waals surface area contributed by atoms with Crippen LogP contribution in [-0.2, 0) is 0 Å². The molecule has 0 saturated carbocycles. The summed E-state index contributed by atoms with van der Waals surface area (Å²) < 4.78 is 0. The molecule has 0 aromatic heterocycles. The number of urea groups is 1. The Morgan fingerprint density at radius 2 is 1.92 bits per heavy atom. The van der Waals surface area contributed by atoms with Crippen LogP contribution in [0.5, 0.6) is 0 Å². The number of piperazine rings is 1. The van der Waals surface area contributed by atoms with Crippen LogP contribution in [-0.4, -0.2) is 61.6 Å². The van der Waals surface area contributed by atoms with Crippen molar-refractivity contribution in [2.24, 2.45) is 5.92 Å². The van der Waals surface area contributed by atoms with Gasteiger partial charge >= 0.3 is 6.03 Å². The summed E-state index contributed by atoms with van der Waals surface area (Å²) in [6.45, 7) is 11.3. The minimum atomic E-state index is -0.185. The van der Waals surface area contributed by atoms with Gasteiger partial charge in [-0.1, -0.05) is 31.5 Å². The maximum atomic E-state index is 12.2. The van der Waals surface area contributed by atoms with Gasteiger partial charge in [-0.2, -0.15) is 0 Å². The molecule has 24 heavy (non-hydrogen) atoms. The van der Waals surface area contributed by atoms with E-state index in [4.69, 9.17) is 11.6 Å². The largest absolute Gasteiger partial charge is 0.336 e. The summed E-state index contributed by atoms with van der Waals surface area (Å²) in [6.07, 6.45) is 0. The second kappa shape index (κ2) is 8.70. The van der Waals surface area contributed by atoms with Gasteiger partial charge in [0.25, 0.3) is 0 Å². The van der Waals surface area contributed by atoms with Crippen molar-refractivity contribution in [2.45, 2.75) is 26.8 Å². The van der Waals surface area contributed by atoms with Crippen LogP contribution < -0.4 is 10.6 Å². The van der Waals surface area contributed by atoms with Crippen molar-refractivity contribution in [3.8, 4) is 0 Å². The molecule has 2 N–H and O–H groups in total. The molecule has 1 heterocycles. The van der Waals surface area contributed by atoms with Gasteiger partial charge < -0.3 is 15.5 Å². The van der Waals surface area contributed by atoms with Gasteiger partial charge in [0, 0.05) is 49.5 Å². The van der Waals surface area contributed by atoms with Crippen LogP contribution in [0.15, 0.2) is 18.2 Å². The van der Waals surface area contributed by atoms with E-state index in [1.165, 1.54) is 0 Å². The molecule has 134 valence electrons. The summed E-state index contributed by atoms with van der Waals surface area (Å²) in [6, 6.07) is 5.71. The predicted molar refractivity (Wildman–Crippen MR) is 101 cm³/mol. The first kappa shape index (κ1) is 19.0. The van der Waals surface area contributed by atoms with Crippen LogP contribution in [0.1, 0.15) is 19.4 Å². The fourth-order valence-corrected chi connectivity index (χ4v) is 3.16. The monoisotopic (exact) mass is 352 g/mol. The number of anilines is 1. The number of benzene rings is 1. The van der Waals surface area contributed by atoms with Crippen molar-refractivity contribution >= 4 is 23.3 Å². The normalized spacial score (nSPS) is 17.8. The lowest BCUT2D eigenvalue weighted by molar-refractivity contribution is 0.0890. The van der Waals surface area contributed by atoms with Crippen LogP contribution in [0.4, 0.5) is 10.5 Å². The van der Waals surface area contributed by atoms with Gasteiger partial charge in [0.1, 0.15) is 0 Å². The number of halogens is 1. The lowest BCUT2D eigenvalue weighted by Gasteiger charge is -2.39. The van der Waals surface area contributed by atoms with E-state index in [0.717, 1.165) is 31.7 Å². The quantitative estimate of drug-likeness (QED) is 0.856. The molecule has 6 heteroatoms. The Kier molecular flexibility index (Phi) is 6.90. The number of carbonyl (C=O) groups excluding carboxylic acids is 1. The summed E-state index contributed by atoms with van der Waals surface area (Å²) in [5.41, 5.74) is 1.71. The molecule has 0 spiro atoms. The van der Waals surface area contributed by atoms with E-state index in [1.807, 2.05) is 19.1 Å². The molecule has 1 saturated heterocycles. The summed E-state index contributed by atoms with van der Waals surface area (Å²) in [5, 5.41) is 6.52. The number of aryl methyl sites for hydroxylation is 1. The Morgan fingerprint density at radius 3 is 2.50 bits per heavy atom. The molecule has 1 aromatic carbocycles. The Morgan fingerprint density at radius 1 is 1.25 bits per heavy atom. The van der Waals surface area contributed by atoms with Crippen molar-refractivity contribution < 1.29 is 4.79 Å². The zero-order chi connectivity index (χ0) is 17.7. The molecule has 0 aliphatic carbocycles. The van der Waals surface area contributed by atoms with Crippen LogP contribution in [0.2, 0.25) is 5.02 Å². The fraction of sp³-hybridized carbons (Fsp3) is 0.611. The average Bonchev–Trinajstić information content (AvgIpc) is 2.52. The van der Waals surface area contributed by atoms with E-state index >= 15 is 0 Å². The second-order valence-corrected chi connectivity index (χ2v) is 7.36. The lowest BCUT2D eigenvalue weighted by atomic mass is 10.0. The molecule has 0 radical (unpaired) electrons. The van der Waals surface area contributed by atoms with Crippen molar-refractivity contribution in [1.82, 2.24) is 15.1 Å². The molecule has 1 atom stereocenters. The number of rotatable bonds is 5. The third-order valence-corrected chi connectivity index (χ3v) is 5.09. The van der Waals surface area contributed by atoms with E-state index in [9.17, 15) is 4.79 Å². The van der Waals surface area contributed by atoms with Crippen molar-refractivity contribution in [2.75, 3.05) is 45.1 Å². The first-order valence-electron chi connectivity index (χ1n) is 8.60. The third kappa shape index (κ3) is 5.36. The molecule has 1 aliphatic heterocycles. The van der Waals surface area contributed by atoms with Crippen molar-refractivity contribution in [1.29, 1.82) is 0 Å². The summed E-state index contributed by atoms with van der Waals surface area (Å²) in [7, 11) is 2.15. The molecular weight excluding hydrogens is 324 g/mol. The van der Waals surface area contributed by atoms with Gasteiger partial charge in [-0.15, -0.1) is 0 Å². The van der Waals surface area contributed by atoms with Gasteiger partial charge in [0.15, 0.2) is 0 Å². The molecule has 2 amide bonds. The number of hydrogen-bond acceptors (Lipinski definition) is 3. The van der Waals surface area contributed by atoms with Crippen LogP contribution in [0.3, 0.4) is 0 Å². The lowest BCUT2D eigenvalue weighted by Crippen LogP contribution is -2.54. The highest BCUT2D eigenvalue weighted by atomic mass is 35.5. The van der Waals surface area contributed by atoms with E-state index < -0.39 is 0 Å². The fourth-order valence-electron chi connectivity index (χ4n) is 2.98. The number of nitrogens with one attached hydrogen (secondary N) is 2. The van der Waals surface area contributed by atoms with Gasteiger partial charge in [-0.3, -0.25) is 4.90 Å². The highest BCUT2D eigenvalue weighted by molar-refractivity contribution is 6.31. The SMILES string of the molecule is Cc1ccc(NC(=O)NCC(C(C)C)N2CCN(C)CC2)cc1Cl. The minimum absolute atomic E-state index is 0.185. The molecule has 1 unspecified atom stereocenters. The molecule has 2 rings (SSSR count). The number of nitrogens with zero attached hydrogens (tertiary/aromatic N) is 2. The number of amides is 2. The maximum absolute atomic E-state index is 12.2. The van der Waals surface area contributed by atoms with Crippen molar-refractivity contribution in [3.63, 3.8) is 0 Å². The first-order chi connectivity index (χ1) is 11.4. The third-order valence-electron chi connectivity index (χ3n) is 4.68. The highest BCUT2D eigenvalue weighted by Crippen LogP contribution is 2.20. The molecule has 0 bridgehead atoms. The van der Waals surface area contributed by atoms with Crippen LogP contribution in [0.25, 0.3) is 0 Å². The predicted octanol–water partition coefficient (Wildman–Crippen LogP) is 3.04. The highest BCUT2D eigenvalue weighted by Gasteiger charge is 2.25. The van der Waals surface area contributed by atoms with E-state index in [0.29, 0.717) is 29.2 Å². The van der Waals surface area contributed by atoms with E-state index in [1.54, 1.807) is 6.07 Å². The maximum Gasteiger partial charge on any atom is 0.319 e. The summed E-state index contributed by atoms with van der Waals surface area (Å²) in [5.74, 6) is 0.488. The van der Waals surface area contributed by atoms with E-state index in [2.05, 4.69) is 41.3 Å². The van der Waals surface area contributed by atoms with Crippen molar-refractivity contribution in [3.05, 3.63) is 28.8 Å². The Bertz CT molecular complexity index is 556. The smallest absolute Gasteiger partial charge is 0.319 e. The van der Waals surface area contributed by atoms with Crippen LogP contribution in [0, 0.1) is 12.8 Å². The topological polar surface area (TPSA) is 47.6 Å². The Hall–Kier alpha value is -1.30. The molecule has 1 aromatic rings. The standard InChI is InChI=1S/C18H29ClN4O/c1-13(2)17(23-9-7-22(4)8-10-23)12-20-18(24)21-15-6-5-14(3)16(19)11-15/h5-6,11,13,17H,7-10,12H2,1-4H3,(H2,20,21,24). The second-order valence-electron chi connectivity index (χ2n) is 6.95. The number of hydrogen-bond donors (Lipinski definition) is 2. The molecular formula is C18H29ClN4O. The Labute approximate surface area is 150 Å². The minimum Gasteiger partial charge on any atom is -0.336 e.